The van der Waals surface area contributed by atoms with Gasteiger partial charge >= 0.3 is 0 Å². The molecule has 0 heterocycles. The number of nitrogens with zero attached hydrogens (tertiary/aromatic N) is 1. The Balaban J connectivity index is 1.91. The van der Waals surface area contributed by atoms with Crippen molar-refractivity contribution in [3.05, 3.63) is 77.6 Å². The summed E-state index contributed by atoms with van der Waals surface area (Å²) < 4.78 is 13.6. The van der Waals surface area contributed by atoms with Gasteiger partial charge in [-0.15, -0.1) is 0 Å². The van der Waals surface area contributed by atoms with Crippen molar-refractivity contribution in [1.29, 1.82) is 5.26 Å². The van der Waals surface area contributed by atoms with Crippen LogP contribution in [-0.4, -0.2) is 0 Å². The highest BCUT2D eigenvalue weighted by Gasteiger charge is 2.07. The van der Waals surface area contributed by atoms with E-state index in [0.29, 0.717) is 12.2 Å². The second-order valence-electron chi connectivity index (χ2n) is 4.77. The Kier molecular flexibility index (Phi) is 3.53. The van der Waals surface area contributed by atoms with Crippen LogP contribution in [-0.2, 0) is 6.54 Å². The summed E-state index contributed by atoms with van der Waals surface area (Å²) in [7, 11) is 0. The summed E-state index contributed by atoms with van der Waals surface area (Å²) in [5.41, 5.74) is 1.68. The maximum Gasteiger partial charge on any atom is 0.143 e. The van der Waals surface area contributed by atoms with E-state index in [1.54, 1.807) is 12.1 Å². The molecule has 3 aromatic carbocycles. The number of hydrogen-bond donors (Lipinski definition) is 1. The number of rotatable bonds is 3. The third-order valence-corrected chi connectivity index (χ3v) is 3.47. The Morgan fingerprint density at radius 1 is 0.952 bits per heavy atom. The van der Waals surface area contributed by atoms with Gasteiger partial charge in [0.2, 0.25) is 0 Å². The Labute approximate surface area is 122 Å². The fourth-order valence-corrected chi connectivity index (χ4v) is 2.42. The highest BCUT2D eigenvalue weighted by molar-refractivity contribution is 5.85. The van der Waals surface area contributed by atoms with Gasteiger partial charge in [0.15, 0.2) is 0 Å². The van der Waals surface area contributed by atoms with Gasteiger partial charge in [0.1, 0.15) is 17.4 Å². The molecule has 102 valence electrons. The summed E-state index contributed by atoms with van der Waals surface area (Å²) in [4.78, 5) is 0. The van der Waals surface area contributed by atoms with Gasteiger partial charge in [-0.2, -0.15) is 5.26 Å². The molecular weight excluding hydrogens is 263 g/mol. The lowest BCUT2D eigenvalue weighted by molar-refractivity contribution is 0.624. The van der Waals surface area contributed by atoms with Crippen LogP contribution in [0.2, 0.25) is 0 Å². The highest BCUT2D eigenvalue weighted by atomic mass is 19.1. The molecule has 0 aromatic heterocycles. The lowest BCUT2D eigenvalue weighted by atomic mass is 10.0. The SMILES string of the molecule is N#Cc1c(F)cccc1NCc1cccc2ccccc12. The van der Waals surface area contributed by atoms with E-state index >= 15 is 0 Å². The zero-order chi connectivity index (χ0) is 14.7. The van der Waals surface area contributed by atoms with Crippen molar-refractivity contribution in [1.82, 2.24) is 0 Å². The van der Waals surface area contributed by atoms with Crippen molar-refractivity contribution in [2.75, 3.05) is 5.32 Å². The van der Waals surface area contributed by atoms with Crippen LogP contribution in [0.5, 0.6) is 0 Å². The van der Waals surface area contributed by atoms with Crippen molar-refractivity contribution >= 4 is 16.5 Å². The van der Waals surface area contributed by atoms with Crippen LogP contribution in [0.1, 0.15) is 11.1 Å². The van der Waals surface area contributed by atoms with Gasteiger partial charge in [0.25, 0.3) is 0 Å². The van der Waals surface area contributed by atoms with Gasteiger partial charge in [-0.25, -0.2) is 4.39 Å². The van der Waals surface area contributed by atoms with E-state index in [0.717, 1.165) is 16.3 Å². The molecule has 21 heavy (non-hydrogen) atoms. The maximum absolute atomic E-state index is 13.6. The molecule has 0 unspecified atom stereocenters. The normalized spacial score (nSPS) is 10.3. The summed E-state index contributed by atoms with van der Waals surface area (Å²) in [5.74, 6) is -0.500. The molecule has 3 aromatic rings. The van der Waals surface area contributed by atoms with Gasteiger partial charge in [0, 0.05) is 6.54 Å². The molecule has 0 saturated heterocycles. The van der Waals surface area contributed by atoms with Gasteiger partial charge in [0.05, 0.1) is 5.69 Å². The predicted octanol–water partition coefficient (Wildman–Crippen LogP) is 4.46. The van der Waals surface area contributed by atoms with E-state index in [-0.39, 0.29) is 5.56 Å². The van der Waals surface area contributed by atoms with E-state index in [1.165, 1.54) is 6.07 Å². The van der Waals surface area contributed by atoms with E-state index in [1.807, 2.05) is 30.3 Å². The second-order valence-corrected chi connectivity index (χ2v) is 4.77. The molecule has 0 amide bonds. The Hall–Kier alpha value is -2.86. The van der Waals surface area contributed by atoms with Gasteiger partial charge in [-0.3, -0.25) is 0 Å². The predicted molar refractivity (Wildman–Crippen MR) is 82.4 cm³/mol. The highest BCUT2D eigenvalue weighted by Crippen LogP contribution is 2.22. The molecule has 3 heteroatoms. The minimum Gasteiger partial charge on any atom is -0.380 e. The summed E-state index contributed by atoms with van der Waals surface area (Å²) in [6.45, 7) is 0.541. The van der Waals surface area contributed by atoms with Crippen LogP contribution < -0.4 is 5.32 Å². The lowest BCUT2D eigenvalue weighted by Gasteiger charge is -2.11. The van der Waals surface area contributed by atoms with Crippen LogP contribution in [0.4, 0.5) is 10.1 Å². The Morgan fingerprint density at radius 3 is 2.57 bits per heavy atom. The number of halogens is 1. The molecule has 0 bridgehead atoms. The van der Waals surface area contributed by atoms with E-state index < -0.39 is 5.82 Å². The number of nitrogens with one attached hydrogen (secondary N) is 1. The second kappa shape index (κ2) is 5.64. The molecule has 0 spiro atoms. The average Bonchev–Trinajstić information content (AvgIpc) is 2.53. The molecule has 1 N–H and O–H groups in total. The number of hydrogen-bond acceptors (Lipinski definition) is 2. The number of benzene rings is 3. The van der Waals surface area contributed by atoms with Crippen LogP contribution in [0, 0.1) is 17.1 Å². The third kappa shape index (κ3) is 2.56. The summed E-state index contributed by atoms with van der Waals surface area (Å²) in [5, 5.41) is 14.5. The van der Waals surface area contributed by atoms with Crippen LogP contribution in [0.15, 0.2) is 60.7 Å². The molecule has 2 nitrogen and oxygen atoms in total. The molecule has 0 aliphatic heterocycles. The van der Waals surface area contributed by atoms with Crippen molar-refractivity contribution in [3.63, 3.8) is 0 Å². The van der Waals surface area contributed by atoms with E-state index in [9.17, 15) is 4.39 Å². The maximum atomic E-state index is 13.6. The van der Waals surface area contributed by atoms with E-state index in [4.69, 9.17) is 5.26 Å². The summed E-state index contributed by atoms with van der Waals surface area (Å²) >= 11 is 0. The smallest absolute Gasteiger partial charge is 0.143 e. The van der Waals surface area contributed by atoms with Crippen molar-refractivity contribution < 1.29 is 4.39 Å². The first-order valence-electron chi connectivity index (χ1n) is 6.69. The summed E-state index contributed by atoms with van der Waals surface area (Å²) in [6, 6.07) is 20.7. The monoisotopic (exact) mass is 276 g/mol. The number of nitriles is 1. The first-order valence-corrected chi connectivity index (χ1v) is 6.69. The Morgan fingerprint density at radius 2 is 1.71 bits per heavy atom. The molecule has 0 radical (unpaired) electrons. The van der Waals surface area contributed by atoms with Gasteiger partial charge in [-0.1, -0.05) is 48.5 Å². The zero-order valence-corrected chi connectivity index (χ0v) is 11.3. The Bertz CT molecular complexity index is 829. The average molecular weight is 276 g/mol. The van der Waals surface area contributed by atoms with Crippen LogP contribution >= 0.6 is 0 Å². The van der Waals surface area contributed by atoms with Crippen molar-refractivity contribution in [3.8, 4) is 6.07 Å². The van der Waals surface area contributed by atoms with Crippen LogP contribution in [0.3, 0.4) is 0 Å². The topological polar surface area (TPSA) is 35.8 Å². The quantitative estimate of drug-likeness (QED) is 0.766. The lowest BCUT2D eigenvalue weighted by Crippen LogP contribution is -2.03. The number of fused-ring (bicyclic) bond motifs is 1. The van der Waals surface area contributed by atoms with Crippen molar-refractivity contribution in [2.45, 2.75) is 6.54 Å². The standard InChI is InChI=1S/C18H13FN2/c19-17-9-4-10-18(16(17)11-20)21-12-14-7-3-6-13-5-1-2-8-15(13)14/h1-10,21H,12H2. The fourth-order valence-electron chi connectivity index (χ4n) is 2.42. The van der Waals surface area contributed by atoms with Crippen molar-refractivity contribution in [2.24, 2.45) is 0 Å². The molecule has 0 aliphatic carbocycles. The number of anilines is 1. The molecule has 3 rings (SSSR count). The van der Waals surface area contributed by atoms with E-state index in [2.05, 4.69) is 23.5 Å². The molecule has 0 atom stereocenters. The minimum absolute atomic E-state index is 0.0535. The zero-order valence-electron chi connectivity index (χ0n) is 11.3. The first-order chi connectivity index (χ1) is 10.3. The molecule has 0 saturated carbocycles. The first kappa shape index (κ1) is 13.1. The molecule has 0 aliphatic rings. The molecular formula is C18H13FN2. The summed E-state index contributed by atoms with van der Waals surface area (Å²) in [6.07, 6.45) is 0. The largest absolute Gasteiger partial charge is 0.380 e. The van der Waals surface area contributed by atoms with Gasteiger partial charge < -0.3 is 5.32 Å². The fraction of sp³-hybridized carbons (Fsp3) is 0.0556. The molecule has 0 fully saturated rings. The van der Waals surface area contributed by atoms with Gasteiger partial charge in [-0.05, 0) is 28.5 Å². The minimum atomic E-state index is -0.500. The van der Waals surface area contributed by atoms with Crippen LogP contribution in [0.25, 0.3) is 10.8 Å². The third-order valence-electron chi connectivity index (χ3n) is 3.47.